The van der Waals surface area contributed by atoms with E-state index in [9.17, 15) is 4.79 Å². The second kappa shape index (κ2) is 17.0. The van der Waals surface area contributed by atoms with Crippen LogP contribution in [0.1, 0.15) is 101 Å². The SMILES string of the molecule is C=C/C=C(\c1cc(-c2ccc(C(CCC)CC/C=C/C(C)C)cc2)ccc1C)N1CC/C=C(\C(=O)OC2CC(C#N)C2)CCC1. The first kappa shape index (κ1) is 34.0. The van der Waals surface area contributed by atoms with Crippen LogP contribution in [0, 0.1) is 30.1 Å². The lowest BCUT2D eigenvalue weighted by molar-refractivity contribution is -0.149. The van der Waals surface area contributed by atoms with Crippen LogP contribution in [-0.4, -0.2) is 30.1 Å². The molecule has 4 nitrogen and oxygen atoms in total. The fraction of sp³-hybridized carbons (Fsp3) is 0.463. The number of rotatable bonds is 13. The summed E-state index contributed by atoms with van der Waals surface area (Å²) in [5.41, 5.74) is 8.30. The molecular weight excluding hydrogens is 552 g/mol. The molecule has 1 aliphatic carbocycles. The largest absolute Gasteiger partial charge is 0.459 e. The number of allylic oxidation sites excluding steroid dienone is 4. The molecule has 2 aromatic carbocycles. The molecule has 0 bridgehead atoms. The molecule has 1 saturated carbocycles. The van der Waals surface area contributed by atoms with E-state index in [-0.39, 0.29) is 18.0 Å². The van der Waals surface area contributed by atoms with Gasteiger partial charge in [0.25, 0.3) is 0 Å². The molecule has 1 atom stereocenters. The van der Waals surface area contributed by atoms with Crippen molar-refractivity contribution >= 4 is 11.7 Å². The fourth-order valence-corrected chi connectivity index (χ4v) is 6.48. The summed E-state index contributed by atoms with van der Waals surface area (Å²) in [6, 6.07) is 18.3. The van der Waals surface area contributed by atoms with Crippen LogP contribution in [0.3, 0.4) is 0 Å². The number of aryl methyl sites for hydroxylation is 1. The van der Waals surface area contributed by atoms with Gasteiger partial charge in [-0.15, -0.1) is 0 Å². The highest BCUT2D eigenvalue weighted by molar-refractivity contribution is 5.88. The fourth-order valence-electron chi connectivity index (χ4n) is 6.48. The smallest absolute Gasteiger partial charge is 0.333 e. The predicted molar refractivity (Wildman–Crippen MR) is 187 cm³/mol. The summed E-state index contributed by atoms with van der Waals surface area (Å²) in [6.07, 6.45) is 19.0. The lowest BCUT2D eigenvalue weighted by Gasteiger charge is -2.32. The Labute approximate surface area is 272 Å². The summed E-state index contributed by atoms with van der Waals surface area (Å²) < 4.78 is 5.67. The molecule has 1 unspecified atom stereocenters. The van der Waals surface area contributed by atoms with E-state index in [1.807, 2.05) is 6.08 Å². The average molecular weight is 605 g/mol. The molecule has 1 aliphatic heterocycles. The van der Waals surface area contributed by atoms with E-state index in [0.717, 1.165) is 37.9 Å². The van der Waals surface area contributed by atoms with E-state index in [1.54, 1.807) is 0 Å². The molecular formula is C41H52N2O2. The molecule has 1 fully saturated rings. The molecule has 4 heteroatoms. The van der Waals surface area contributed by atoms with Crippen molar-refractivity contribution in [3.63, 3.8) is 0 Å². The molecule has 2 aromatic rings. The summed E-state index contributed by atoms with van der Waals surface area (Å²) in [6.45, 7) is 14.6. The first-order chi connectivity index (χ1) is 21.8. The average Bonchev–Trinajstić information content (AvgIpc) is 2.99. The number of esters is 1. The summed E-state index contributed by atoms with van der Waals surface area (Å²) in [5, 5.41) is 9.00. The number of carbonyl (C=O) groups is 1. The van der Waals surface area contributed by atoms with Crippen molar-refractivity contribution in [1.29, 1.82) is 5.26 Å². The highest BCUT2D eigenvalue weighted by atomic mass is 16.5. The predicted octanol–water partition coefficient (Wildman–Crippen LogP) is 10.3. The third-order valence-corrected chi connectivity index (χ3v) is 9.16. The minimum atomic E-state index is -0.203. The zero-order chi connectivity index (χ0) is 32.2. The van der Waals surface area contributed by atoms with Gasteiger partial charge >= 0.3 is 5.97 Å². The zero-order valence-corrected chi connectivity index (χ0v) is 27.9. The van der Waals surface area contributed by atoms with Crippen molar-refractivity contribution in [1.82, 2.24) is 4.90 Å². The van der Waals surface area contributed by atoms with E-state index in [0.29, 0.717) is 31.1 Å². The Bertz CT molecular complexity index is 1420. The first-order valence-electron chi connectivity index (χ1n) is 17.1. The van der Waals surface area contributed by atoms with Gasteiger partial charge in [-0.05, 0) is 91.7 Å². The van der Waals surface area contributed by atoms with Gasteiger partial charge in [-0.25, -0.2) is 4.79 Å². The van der Waals surface area contributed by atoms with Gasteiger partial charge in [0.15, 0.2) is 0 Å². The van der Waals surface area contributed by atoms with Crippen molar-refractivity contribution < 1.29 is 9.53 Å². The molecule has 0 spiro atoms. The van der Waals surface area contributed by atoms with Crippen LogP contribution in [0.5, 0.6) is 0 Å². The van der Waals surface area contributed by atoms with Gasteiger partial charge < -0.3 is 9.64 Å². The number of nitriles is 1. The molecule has 2 aliphatic rings. The van der Waals surface area contributed by atoms with E-state index < -0.39 is 0 Å². The third kappa shape index (κ3) is 9.57. The molecule has 0 radical (unpaired) electrons. The first-order valence-corrected chi connectivity index (χ1v) is 17.1. The van der Waals surface area contributed by atoms with E-state index in [1.165, 1.54) is 52.8 Å². The van der Waals surface area contributed by atoms with Crippen molar-refractivity contribution in [3.05, 3.63) is 102 Å². The normalized spacial score (nSPS) is 20.8. The Morgan fingerprint density at radius 3 is 2.56 bits per heavy atom. The molecule has 1 heterocycles. The van der Waals surface area contributed by atoms with Gasteiger partial charge in [0.1, 0.15) is 6.10 Å². The summed E-state index contributed by atoms with van der Waals surface area (Å²) in [7, 11) is 0. The number of hydrogen-bond donors (Lipinski definition) is 0. The summed E-state index contributed by atoms with van der Waals surface area (Å²) in [4.78, 5) is 15.2. The molecule has 0 saturated heterocycles. The number of hydrogen-bond acceptors (Lipinski definition) is 4. The van der Waals surface area contributed by atoms with Crippen LogP contribution in [0.4, 0.5) is 0 Å². The Kier molecular flexibility index (Phi) is 12.9. The third-order valence-electron chi connectivity index (χ3n) is 9.16. The Morgan fingerprint density at radius 2 is 1.87 bits per heavy atom. The van der Waals surface area contributed by atoms with Crippen LogP contribution in [-0.2, 0) is 9.53 Å². The summed E-state index contributed by atoms with van der Waals surface area (Å²) >= 11 is 0. The summed E-state index contributed by atoms with van der Waals surface area (Å²) in [5.74, 6) is 1.03. The molecule has 45 heavy (non-hydrogen) atoms. The van der Waals surface area contributed by atoms with Crippen LogP contribution in [0.2, 0.25) is 0 Å². The maximum absolute atomic E-state index is 12.8. The lowest BCUT2D eigenvalue weighted by Crippen LogP contribution is -2.33. The van der Waals surface area contributed by atoms with Crippen LogP contribution < -0.4 is 0 Å². The van der Waals surface area contributed by atoms with Crippen LogP contribution >= 0.6 is 0 Å². The minimum absolute atomic E-state index is 0.0318. The van der Waals surface area contributed by atoms with Gasteiger partial charge in [0, 0.05) is 42.8 Å². The maximum Gasteiger partial charge on any atom is 0.333 e. The van der Waals surface area contributed by atoms with E-state index in [2.05, 4.69) is 112 Å². The number of carbonyl (C=O) groups excluding carboxylic acids is 1. The molecule has 238 valence electrons. The molecule has 0 N–H and O–H groups in total. The quantitative estimate of drug-likeness (QED) is 0.130. The van der Waals surface area contributed by atoms with Crippen LogP contribution in [0.25, 0.3) is 16.8 Å². The Balaban J connectivity index is 1.46. The maximum atomic E-state index is 12.8. The second-order valence-corrected chi connectivity index (χ2v) is 13.1. The number of benzene rings is 2. The van der Waals surface area contributed by atoms with E-state index in [4.69, 9.17) is 10.00 Å². The minimum Gasteiger partial charge on any atom is -0.459 e. The van der Waals surface area contributed by atoms with Crippen molar-refractivity contribution in [2.45, 2.75) is 97.5 Å². The topological polar surface area (TPSA) is 53.3 Å². The second-order valence-electron chi connectivity index (χ2n) is 13.1. The van der Waals surface area contributed by atoms with Crippen molar-refractivity contribution in [2.24, 2.45) is 11.8 Å². The van der Waals surface area contributed by atoms with E-state index >= 15 is 0 Å². The van der Waals surface area contributed by atoms with Crippen molar-refractivity contribution in [2.75, 3.05) is 13.1 Å². The molecule has 4 rings (SSSR count). The van der Waals surface area contributed by atoms with Gasteiger partial charge in [-0.1, -0.05) is 94.5 Å². The van der Waals surface area contributed by atoms with Gasteiger partial charge in [-0.3, -0.25) is 0 Å². The standard InChI is InChI=1S/C41H52N2O2/c1-6-12-33(15-9-8-14-30(3)4)34-20-22-35(23-21-34)37-19-18-31(5)39(28-37)40(13-7-2)43-24-10-16-36(17-11-25-43)41(44)45-38-26-32(27-38)29-42/h7-8,13-14,16,18-23,28,30,32-33,38H,2,6,9-12,15,17,24-27H2,1,3-5H3/b14-8+,36-16-,40-13+. The Morgan fingerprint density at radius 1 is 1.11 bits per heavy atom. The highest BCUT2D eigenvalue weighted by Crippen LogP contribution is 2.33. The van der Waals surface area contributed by atoms with Gasteiger partial charge in [0.05, 0.1) is 12.0 Å². The molecule has 0 aromatic heterocycles. The highest BCUT2D eigenvalue weighted by Gasteiger charge is 2.32. The van der Waals surface area contributed by atoms with Gasteiger partial charge in [-0.2, -0.15) is 5.26 Å². The Hall–Kier alpha value is -3.84. The zero-order valence-electron chi connectivity index (χ0n) is 27.9. The monoisotopic (exact) mass is 604 g/mol. The number of nitrogens with zero attached hydrogens (tertiary/aromatic N) is 2. The lowest BCUT2D eigenvalue weighted by atomic mass is 9.83. The van der Waals surface area contributed by atoms with Crippen LogP contribution in [0.15, 0.2) is 85.0 Å². The van der Waals surface area contributed by atoms with Crippen molar-refractivity contribution in [3.8, 4) is 17.2 Å². The molecule has 0 amide bonds. The van der Waals surface area contributed by atoms with Gasteiger partial charge in [0.2, 0.25) is 0 Å². The number of ether oxygens (including phenoxy) is 1.